The Hall–Kier alpha value is -0.860. The molecule has 1 saturated heterocycles. The van der Waals surface area contributed by atoms with Crippen LogP contribution >= 0.6 is 0 Å². The van der Waals surface area contributed by atoms with Gasteiger partial charge in [-0.05, 0) is 37.3 Å². The van der Waals surface area contributed by atoms with Crippen molar-refractivity contribution < 1.29 is 9.47 Å². The maximum Gasteiger partial charge on any atom is 0.165 e. The topological polar surface area (TPSA) is 18.5 Å². The summed E-state index contributed by atoms with van der Waals surface area (Å²) in [6.45, 7) is 8.16. The molecule has 24 heavy (non-hydrogen) atoms. The van der Waals surface area contributed by atoms with Crippen LogP contribution in [0.25, 0.3) is 0 Å². The highest BCUT2D eigenvalue weighted by Gasteiger charge is 2.32. The number of hydrogen-bond donors (Lipinski definition) is 0. The summed E-state index contributed by atoms with van der Waals surface area (Å²) >= 11 is 0. The van der Waals surface area contributed by atoms with Crippen molar-refractivity contribution in [1.82, 2.24) is 0 Å². The molecule has 0 bridgehead atoms. The van der Waals surface area contributed by atoms with Crippen molar-refractivity contribution in [3.05, 3.63) is 35.4 Å². The average Bonchev–Trinajstić information content (AvgIpc) is 2.61. The highest BCUT2D eigenvalue weighted by Crippen LogP contribution is 2.31. The van der Waals surface area contributed by atoms with E-state index in [9.17, 15) is 0 Å². The van der Waals surface area contributed by atoms with E-state index in [1.807, 2.05) is 0 Å². The van der Waals surface area contributed by atoms with Gasteiger partial charge in [0, 0.05) is 12.3 Å². The third-order valence-electron chi connectivity index (χ3n) is 5.18. The molecule has 2 rings (SSSR count). The zero-order valence-electron chi connectivity index (χ0n) is 16.0. The van der Waals surface area contributed by atoms with E-state index in [0.29, 0.717) is 5.92 Å². The SMILES string of the molecule is CCCCCCC1(C)OCC(c2ccc(CCCCC)cc2)CO1. The van der Waals surface area contributed by atoms with E-state index in [2.05, 4.69) is 45.0 Å². The first-order valence-electron chi connectivity index (χ1n) is 10.0. The molecular weight excluding hydrogens is 296 g/mol. The van der Waals surface area contributed by atoms with Gasteiger partial charge in [-0.15, -0.1) is 0 Å². The van der Waals surface area contributed by atoms with Gasteiger partial charge in [0.2, 0.25) is 0 Å². The van der Waals surface area contributed by atoms with Crippen LogP contribution < -0.4 is 0 Å². The minimum atomic E-state index is -0.371. The van der Waals surface area contributed by atoms with E-state index in [4.69, 9.17) is 9.47 Å². The first-order valence-corrected chi connectivity index (χ1v) is 10.0. The van der Waals surface area contributed by atoms with Gasteiger partial charge in [-0.2, -0.15) is 0 Å². The van der Waals surface area contributed by atoms with Crippen LogP contribution in [-0.2, 0) is 15.9 Å². The van der Waals surface area contributed by atoms with Crippen LogP contribution in [0.5, 0.6) is 0 Å². The van der Waals surface area contributed by atoms with Gasteiger partial charge < -0.3 is 9.47 Å². The summed E-state index contributed by atoms with van der Waals surface area (Å²) in [5.74, 6) is 0.00283. The first kappa shape index (κ1) is 19.5. The maximum absolute atomic E-state index is 6.10. The Morgan fingerprint density at radius 1 is 0.875 bits per heavy atom. The second-order valence-electron chi connectivity index (χ2n) is 7.46. The van der Waals surface area contributed by atoms with Gasteiger partial charge in [0.1, 0.15) is 0 Å². The fraction of sp³-hybridized carbons (Fsp3) is 0.727. The number of rotatable bonds is 10. The van der Waals surface area contributed by atoms with Gasteiger partial charge in [0.25, 0.3) is 0 Å². The van der Waals surface area contributed by atoms with E-state index >= 15 is 0 Å². The monoisotopic (exact) mass is 332 g/mol. The Morgan fingerprint density at radius 3 is 2.12 bits per heavy atom. The van der Waals surface area contributed by atoms with Crippen molar-refractivity contribution in [2.75, 3.05) is 13.2 Å². The molecule has 0 aliphatic carbocycles. The normalized spacial score (nSPS) is 24.2. The number of ether oxygens (including phenoxy) is 2. The molecule has 0 aromatic heterocycles. The van der Waals surface area contributed by atoms with Gasteiger partial charge in [-0.25, -0.2) is 0 Å². The summed E-state index contributed by atoms with van der Waals surface area (Å²) in [4.78, 5) is 0. The molecule has 0 radical (unpaired) electrons. The molecule has 0 unspecified atom stereocenters. The molecule has 0 saturated carbocycles. The second kappa shape index (κ2) is 10.2. The standard InChI is InChI=1S/C22H36O2/c1-4-6-8-10-16-22(3)23-17-21(18-24-22)20-14-12-19(13-15-20)11-9-7-5-2/h12-15,21H,4-11,16-18H2,1-3H3. The Bertz CT molecular complexity index is 444. The average molecular weight is 333 g/mol. The van der Waals surface area contributed by atoms with Crippen molar-refractivity contribution in [2.24, 2.45) is 0 Å². The Morgan fingerprint density at radius 2 is 1.50 bits per heavy atom. The van der Waals surface area contributed by atoms with Crippen molar-refractivity contribution in [3.63, 3.8) is 0 Å². The van der Waals surface area contributed by atoms with Crippen LogP contribution in [0.2, 0.25) is 0 Å². The minimum absolute atomic E-state index is 0.371. The fourth-order valence-electron chi connectivity index (χ4n) is 3.39. The van der Waals surface area contributed by atoms with E-state index in [1.54, 1.807) is 0 Å². The lowest BCUT2D eigenvalue weighted by molar-refractivity contribution is -0.266. The molecule has 0 atom stereocenters. The molecule has 1 heterocycles. The third-order valence-corrected chi connectivity index (χ3v) is 5.18. The molecule has 1 aromatic carbocycles. The lowest BCUT2D eigenvalue weighted by atomic mass is 9.96. The highest BCUT2D eigenvalue weighted by molar-refractivity contribution is 5.26. The lowest BCUT2D eigenvalue weighted by Crippen LogP contribution is -2.40. The summed E-state index contributed by atoms with van der Waals surface area (Å²) in [5, 5.41) is 0. The van der Waals surface area contributed by atoms with Gasteiger partial charge in [0.15, 0.2) is 5.79 Å². The molecule has 2 nitrogen and oxygen atoms in total. The van der Waals surface area contributed by atoms with Crippen molar-refractivity contribution in [3.8, 4) is 0 Å². The van der Waals surface area contributed by atoms with Gasteiger partial charge in [-0.1, -0.05) is 70.2 Å². The second-order valence-corrected chi connectivity index (χ2v) is 7.46. The summed E-state index contributed by atoms with van der Waals surface area (Å²) in [6, 6.07) is 9.10. The van der Waals surface area contributed by atoms with Crippen molar-refractivity contribution >= 4 is 0 Å². The summed E-state index contributed by atoms with van der Waals surface area (Å²) in [7, 11) is 0. The number of hydrogen-bond acceptors (Lipinski definition) is 2. The van der Waals surface area contributed by atoms with Gasteiger partial charge in [0.05, 0.1) is 13.2 Å². The quantitative estimate of drug-likeness (QED) is 0.472. The van der Waals surface area contributed by atoms with Crippen molar-refractivity contribution in [2.45, 2.75) is 90.3 Å². The molecule has 1 fully saturated rings. The zero-order chi connectivity index (χ0) is 17.3. The van der Waals surface area contributed by atoms with Crippen LogP contribution in [0.3, 0.4) is 0 Å². The van der Waals surface area contributed by atoms with E-state index in [1.165, 1.54) is 62.5 Å². The summed E-state index contributed by atoms with van der Waals surface area (Å²) < 4.78 is 12.2. The predicted octanol–water partition coefficient (Wildman–Crippen LogP) is 6.24. The van der Waals surface area contributed by atoms with Crippen LogP contribution in [0, 0.1) is 0 Å². The van der Waals surface area contributed by atoms with Crippen LogP contribution in [0.4, 0.5) is 0 Å². The molecule has 0 amide bonds. The molecule has 0 N–H and O–H groups in total. The number of benzene rings is 1. The molecule has 136 valence electrons. The van der Waals surface area contributed by atoms with E-state index in [0.717, 1.165) is 19.6 Å². The summed E-state index contributed by atoms with van der Waals surface area (Å²) in [5.41, 5.74) is 2.80. The summed E-state index contributed by atoms with van der Waals surface area (Å²) in [6.07, 6.45) is 11.2. The van der Waals surface area contributed by atoms with Gasteiger partial charge >= 0.3 is 0 Å². The maximum atomic E-state index is 6.10. The Balaban J connectivity index is 1.77. The number of unbranched alkanes of at least 4 members (excludes halogenated alkanes) is 5. The fourth-order valence-corrected chi connectivity index (χ4v) is 3.39. The largest absolute Gasteiger partial charge is 0.350 e. The van der Waals surface area contributed by atoms with Crippen LogP contribution in [-0.4, -0.2) is 19.0 Å². The molecule has 0 spiro atoms. The Labute approximate surface area is 148 Å². The van der Waals surface area contributed by atoms with Crippen LogP contribution in [0.1, 0.15) is 89.2 Å². The van der Waals surface area contributed by atoms with E-state index < -0.39 is 0 Å². The predicted molar refractivity (Wildman–Crippen MR) is 101 cm³/mol. The molecule has 1 aliphatic heterocycles. The molecule has 1 aliphatic rings. The smallest absolute Gasteiger partial charge is 0.165 e. The van der Waals surface area contributed by atoms with Crippen molar-refractivity contribution in [1.29, 1.82) is 0 Å². The zero-order valence-corrected chi connectivity index (χ0v) is 16.0. The number of aryl methyl sites for hydroxylation is 1. The van der Waals surface area contributed by atoms with E-state index in [-0.39, 0.29) is 5.79 Å². The minimum Gasteiger partial charge on any atom is -0.350 e. The van der Waals surface area contributed by atoms with Crippen LogP contribution in [0.15, 0.2) is 24.3 Å². The first-order chi connectivity index (χ1) is 11.7. The molecule has 1 aromatic rings. The Kier molecular flexibility index (Phi) is 8.28. The molecular formula is C22H36O2. The lowest BCUT2D eigenvalue weighted by Gasteiger charge is -2.38. The molecule has 2 heteroatoms. The highest BCUT2D eigenvalue weighted by atomic mass is 16.7. The van der Waals surface area contributed by atoms with Gasteiger partial charge in [-0.3, -0.25) is 0 Å². The third kappa shape index (κ3) is 6.22.